The van der Waals surface area contributed by atoms with Gasteiger partial charge in [0.2, 0.25) is 0 Å². The topological polar surface area (TPSA) is 41.5 Å². The molecule has 0 saturated carbocycles. The number of hydrogen-bond donors (Lipinski definition) is 2. The van der Waals surface area contributed by atoms with Gasteiger partial charge >= 0.3 is 0 Å². The lowest BCUT2D eigenvalue weighted by Gasteiger charge is -2.14. The van der Waals surface area contributed by atoms with E-state index in [0.29, 0.717) is 12.6 Å². The van der Waals surface area contributed by atoms with Crippen molar-refractivity contribution < 1.29 is 9.84 Å². The quantitative estimate of drug-likeness (QED) is 0.806. The van der Waals surface area contributed by atoms with Crippen LogP contribution in [0.15, 0.2) is 54.6 Å². The molecule has 2 aromatic rings. The molecule has 0 unspecified atom stereocenters. The highest BCUT2D eigenvalue weighted by atomic mass is 16.5. The number of aliphatic hydroxyl groups is 1. The van der Waals surface area contributed by atoms with Crippen LogP contribution in [0.3, 0.4) is 0 Å². The number of nitrogens with one attached hydrogen (secondary N) is 1. The van der Waals surface area contributed by atoms with Crippen LogP contribution in [-0.2, 0) is 0 Å². The minimum absolute atomic E-state index is 0.273. The molecular formula is C20H23NO2. The van der Waals surface area contributed by atoms with Gasteiger partial charge in [0.05, 0.1) is 0 Å². The molecule has 2 N–H and O–H groups in total. The summed E-state index contributed by atoms with van der Waals surface area (Å²) in [4.78, 5) is 0. The van der Waals surface area contributed by atoms with Gasteiger partial charge in [0, 0.05) is 23.7 Å². The minimum atomic E-state index is -0.519. The van der Waals surface area contributed by atoms with Crippen molar-refractivity contribution in [1.29, 1.82) is 0 Å². The lowest BCUT2D eigenvalue weighted by molar-refractivity contribution is 0.104. The summed E-state index contributed by atoms with van der Waals surface area (Å²) in [6, 6.07) is 17.8. The van der Waals surface area contributed by atoms with Gasteiger partial charge in [0.1, 0.15) is 18.5 Å². The molecule has 1 atom stereocenters. The number of aliphatic hydroxyl groups excluding tert-OH is 1. The zero-order chi connectivity index (χ0) is 16.5. The van der Waals surface area contributed by atoms with Gasteiger partial charge in [-0.1, -0.05) is 43.9 Å². The smallest absolute Gasteiger partial charge is 0.119 e. The van der Waals surface area contributed by atoms with E-state index in [9.17, 15) is 5.11 Å². The molecule has 0 fully saturated rings. The second-order valence-electron chi connectivity index (χ2n) is 5.67. The molecule has 0 radical (unpaired) electrons. The highest BCUT2D eigenvalue weighted by Crippen LogP contribution is 2.12. The van der Waals surface area contributed by atoms with Gasteiger partial charge in [0.25, 0.3) is 0 Å². The van der Waals surface area contributed by atoms with Gasteiger partial charge in [-0.2, -0.15) is 0 Å². The maximum atomic E-state index is 9.81. The predicted octanol–water partition coefficient (Wildman–Crippen LogP) is 2.82. The van der Waals surface area contributed by atoms with Crippen molar-refractivity contribution in [2.24, 2.45) is 0 Å². The van der Waals surface area contributed by atoms with Gasteiger partial charge in [-0.3, -0.25) is 0 Å². The molecule has 0 aliphatic heterocycles. The SMILES string of the molecule is CC(C)NC[C@@H](O)COc1ccc(C#Cc2ccccc2)cc1. The first-order valence-corrected chi connectivity index (χ1v) is 7.85. The Morgan fingerprint density at radius 2 is 1.57 bits per heavy atom. The van der Waals surface area contributed by atoms with Crippen LogP contribution in [0.25, 0.3) is 0 Å². The van der Waals surface area contributed by atoms with Crippen LogP contribution in [0.4, 0.5) is 0 Å². The molecule has 0 amide bonds. The van der Waals surface area contributed by atoms with Crippen molar-refractivity contribution in [2.75, 3.05) is 13.2 Å². The van der Waals surface area contributed by atoms with E-state index in [2.05, 4.69) is 17.2 Å². The third kappa shape index (κ3) is 6.56. The Hall–Kier alpha value is -2.28. The summed E-state index contributed by atoms with van der Waals surface area (Å²) in [5.41, 5.74) is 1.93. The van der Waals surface area contributed by atoms with E-state index in [4.69, 9.17) is 4.74 Å². The molecule has 0 aliphatic rings. The Kier molecular flexibility index (Phi) is 6.68. The Balaban J connectivity index is 1.84. The van der Waals surface area contributed by atoms with E-state index < -0.39 is 6.10 Å². The summed E-state index contributed by atoms with van der Waals surface area (Å²) >= 11 is 0. The van der Waals surface area contributed by atoms with Crippen molar-refractivity contribution in [3.63, 3.8) is 0 Å². The minimum Gasteiger partial charge on any atom is -0.491 e. The standard InChI is InChI=1S/C20H23NO2/c1-16(2)21-14-19(22)15-23-20-12-10-18(11-13-20)9-8-17-6-4-3-5-7-17/h3-7,10-13,16,19,21-22H,14-15H2,1-2H3/t19-/m1/s1. The van der Waals surface area contributed by atoms with Crippen LogP contribution in [-0.4, -0.2) is 30.4 Å². The number of ether oxygens (including phenoxy) is 1. The first-order valence-electron chi connectivity index (χ1n) is 7.85. The first-order chi connectivity index (χ1) is 11.1. The first kappa shape index (κ1) is 17.1. The van der Waals surface area contributed by atoms with Gasteiger partial charge in [-0.15, -0.1) is 0 Å². The van der Waals surface area contributed by atoms with Crippen LogP contribution in [0.2, 0.25) is 0 Å². The van der Waals surface area contributed by atoms with E-state index in [-0.39, 0.29) is 6.61 Å². The molecule has 23 heavy (non-hydrogen) atoms. The summed E-state index contributed by atoms with van der Waals surface area (Å²) in [5.74, 6) is 6.97. The molecule has 3 heteroatoms. The van der Waals surface area contributed by atoms with E-state index in [1.54, 1.807) is 0 Å². The van der Waals surface area contributed by atoms with Gasteiger partial charge in [-0.25, -0.2) is 0 Å². The third-order valence-electron chi connectivity index (χ3n) is 3.18. The monoisotopic (exact) mass is 309 g/mol. The van der Waals surface area contributed by atoms with Crippen LogP contribution >= 0.6 is 0 Å². The fourth-order valence-corrected chi connectivity index (χ4v) is 1.92. The predicted molar refractivity (Wildman–Crippen MR) is 93.5 cm³/mol. The molecule has 0 saturated heterocycles. The van der Waals surface area contributed by atoms with Crippen molar-refractivity contribution >= 4 is 0 Å². The van der Waals surface area contributed by atoms with Gasteiger partial charge in [-0.05, 0) is 36.4 Å². The normalized spacial score (nSPS) is 11.7. The van der Waals surface area contributed by atoms with E-state index in [1.807, 2.05) is 68.4 Å². The zero-order valence-electron chi connectivity index (χ0n) is 13.6. The number of rotatable bonds is 6. The van der Waals surface area contributed by atoms with Crippen LogP contribution in [0.1, 0.15) is 25.0 Å². The van der Waals surface area contributed by atoms with Crippen LogP contribution in [0.5, 0.6) is 5.75 Å². The summed E-state index contributed by atoms with van der Waals surface area (Å²) in [6.07, 6.45) is -0.519. The van der Waals surface area contributed by atoms with Crippen molar-refractivity contribution in [3.8, 4) is 17.6 Å². The van der Waals surface area contributed by atoms with E-state index in [0.717, 1.165) is 16.9 Å². The molecule has 120 valence electrons. The molecule has 0 aromatic heterocycles. The maximum absolute atomic E-state index is 9.81. The van der Waals surface area contributed by atoms with Crippen LogP contribution in [0, 0.1) is 11.8 Å². The van der Waals surface area contributed by atoms with E-state index in [1.165, 1.54) is 0 Å². The second-order valence-corrected chi connectivity index (χ2v) is 5.67. The van der Waals surface area contributed by atoms with Crippen LogP contribution < -0.4 is 10.1 Å². The molecule has 0 bridgehead atoms. The molecule has 0 aliphatic carbocycles. The average molecular weight is 309 g/mol. The zero-order valence-corrected chi connectivity index (χ0v) is 13.6. The van der Waals surface area contributed by atoms with Crippen molar-refractivity contribution in [3.05, 3.63) is 65.7 Å². The highest BCUT2D eigenvalue weighted by molar-refractivity contribution is 5.44. The third-order valence-corrected chi connectivity index (χ3v) is 3.18. The Bertz CT molecular complexity index is 639. The molecule has 2 rings (SSSR count). The van der Waals surface area contributed by atoms with E-state index >= 15 is 0 Å². The lowest BCUT2D eigenvalue weighted by atomic mass is 10.2. The summed E-state index contributed by atoms with van der Waals surface area (Å²) in [6.45, 7) is 4.89. The van der Waals surface area contributed by atoms with Crippen molar-refractivity contribution in [1.82, 2.24) is 5.32 Å². The average Bonchev–Trinajstić information content (AvgIpc) is 2.58. The lowest BCUT2D eigenvalue weighted by Crippen LogP contribution is -2.35. The molecule has 2 aromatic carbocycles. The second kappa shape index (κ2) is 8.99. The Labute approximate surface area is 138 Å². The fourth-order valence-electron chi connectivity index (χ4n) is 1.92. The largest absolute Gasteiger partial charge is 0.491 e. The number of benzene rings is 2. The number of hydrogen-bond acceptors (Lipinski definition) is 3. The summed E-state index contributed by atoms with van der Waals surface area (Å²) in [7, 11) is 0. The molecule has 0 spiro atoms. The van der Waals surface area contributed by atoms with Crippen molar-refractivity contribution in [2.45, 2.75) is 26.0 Å². The van der Waals surface area contributed by atoms with Gasteiger partial charge < -0.3 is 15.2 Å². The summed E-state index contributed by atoms with van der Waals surface area (Å²) < 4.78 is 5.58. The molecule has 3 nitrogen and oxygen atoms in total. The maximum Gasteiger partial charge on any atom is 0.119 e. The molecular weight excluding hydrogens is 286 g/mol. The van der Waals surface area contributed by atoms with Gasteiger partial charge in [0.15, 0.2) is 0 Å². The highest BCUT2D eigenvalue weighted by Gasteiger charge is 2.05. The molecule has 0 heterocycles. The summed E-state index contributed by atoms with van der Waals surface area (Å²) in [5, 5.41) is 13.0. The Morgan fingerprint density at radius 1 is 0.957 bits per heavy atom. The Morgan fingerprint density at radius 3 is 2.17 bits per heavy atom. The fraction of sp³-hybridized carbons (Fsp3) is 0.300.